The highest BCUT2D eigenvalue weighted by atomic mass is 16.5. The van der Waals surface area contributed by atoms with Gasteiger partial charge in [0.2, 0.25) is 0 Å². The zero-order chi connectivity index (χ0) is 14.2. The van der Waals surface area contributed by atoms with Gasteiger partial charge < -0.3 is 9.47 Å². The molecule has 2 aliphatic rings. The first kappa shape index (κ1) is 12.5. The van der Waals surface area contributed by atoms with Gasteiger partial charge in [-0.25, -0.2) is 0 Å². The maximum atomic E-state index is 12.7. The molecule has 0 fully saturated rings. The highest BCUT2D eigenvalue weighted by molar-refractivity contribution is 5.98. The molecular formula is C18H16O3. The zero-order valence-electron chi connectivity index (χ0n) is 11.7. The predicted octanol–water partition coefficient (Wildman–Crippen LogP) is 3.06. The number of carbonyl (C=O) groups excluding carboxylic acids is 1. The van der Waals surface area contributed by atoms with Gasteiger partial charge in [-0.15, -0.1) is 0 Å². The third kappa shape index (κ3) is 2.19. The number of benzene rings is 2. The molecule has 21 heavy (non-hydrogen) atoms. The molecule has 0 spiro atoms. The number of para-hydroxylation sites is 1. The van der Waals surface area contributed by atoms with Gasteiger partial charge in [-0.05, 0) is 41.8 Å². The average molecular weight is 280 g/mol. The fourth-order valence-corrected chi connectivity index (χ4v) is 3.07. The van der Waals surface area contributed by atoms with Crippen molar-refractivity contribution < 1.29 is 14.3 Å². The first-order valence-corrected chi connectivity index (χ1v) is 7.32. The van der Waals surface area contributed by atoms with Crippen molar-refractivity contribution in [2.45, 2.75) is 12.8 Å². The number of hydrogen-bond acceptors (Lipinski definition) is 3. The second kappa shape index (κ2) is 4.92. The van der Waals surface area contributed by atoms with Gasteiger partial charge in [0.25, 0.3) is 0 Å². The molecule has 0 aliphatic carbocycles. The molecule has 3 nitrogen and oxygen atoms in total. The Balaban J connectivity index is 1.59. The Morgan fingerprint density at radius 1 is 1.00 bits per heavy atom. The van der Waals surface area contributed by atoms with Gasteiger partial charge in [-0.2, -0.15) is 0 Å². The molecule has 0 aromatic heterocycles. The summed E-state index contributed by atoms with van der Waals surface area (Å²) in [7, 11) is 0. The Labute approximate surface area is 123 Å². The summed E-state index contributed by atoms with van der Waals surface area (Å²) in [6.07, 6.45) is 1.64. The van der Waals surface area contributed by atoms with Crippen molar-refractivity contribution in [2.24, 2.45) is 5.92 Å². The summed E-state index contributed by atoms with van der Waals surface area (Å²) in [5, 5.41) is 0. The van der Waals surface area contributed by atoms with Crippen LogP contribution in [-0.4, -0.2) is 19.0 Å². The Kier molecular flexibility index (Phi) is 2.92. The molecule has 2 aliphatic heterocycles. The van der Waals surface area contributed by atoms with E-state index in [0.717, 1.165) is 41.0 Å². The van der Waals surface area contributed by atoms with E-state index in [1.165, 1.54) is 0 Å². The lowest BCUT2D eigenvalue weighted by molar-refractivity contribution is 0.0855. The summed E-state index contributed by atoms with van der Waals surface area (Å²) >= 11 is 0. The van der Waals surface area contributed by atoms with E-state index in [9.17, 15) is 4.79 Å². The lowest BCUT2D eigenvalue weighted by atomic mass is 9.89. The van der Waals surface area contributed by atoms with E-state index in [-0.39, 0.29) is 11.7 Å². The van der Waals surface area contributed by atoms with Crippen molar-refractivity contribution in [1.29, 1.82) is 0 Å². The Morgan fingerprint density at radius 3 is 2.81 bits per heavy atom. The van der Waals surface area contributed by atoms with Crippen molar-refractivity contribution in [1.82, 2.24) is 0 Å². The molecule has 1 unspecified atom stereocenters. The molecule has 106 valence electrons. The van der Waals surface area contributed by atoms with Gasteiger partial charge >= 0.3 is 0 Å². The molecule has 0 amide bonds. The van der Waals surface area contributed by atoms with Crippen molar-refractivity contribution in [3.63, 3.8) is 0 Å². The minimum atomic E-state index is -0.0970. The van der Waals surface area contributed by atoms with E-state index in [2.05, 4.69) is 0 Å². The second-order valence-electron chi connectivity index (χ2n) is 5.60. The maximum absolute atomic E-state index is 12.7. The van der Waals surface area contributed by atoms with Crippen molar-refractivity contribution in [3.8, 4) is 11.5 Å². The monoisotopic (exact) mass is 280 g/mol. The Bertz CT molecular complexity index is 705. The maximum Gasteiger partial charge on any atom is 0.169 e. The van der Waals surface area contributed by atoms with Crippen LogP contribution in [0.4, 0.5) is 0 Å². The molecule has 2 heterocycles. The molecule has 0 saturated carbocycles. The van der Waals surface area contributed by atoms with Gasteiger partial charge in [0.1, 0.15) is 11.5 Å². The van der Waals surface area contributed by atoms with Gasteiger partial charge in [0.05, 0.1) is 19.1 Å². The minimum Gasteiger partial charge on any atom is -0.493 e. The number of fused-ring (bicyclic) bond motifs is 2. The van der Waals surface area contributed by atoms with Crippen LogP contribution in [0.3, 0.4) is 0 Å². The highest BCUT2D eigenvalue weighted by Gasteiger charge is 2.27. The van der Waals surface area contributed by atoms with E-state index < -0.39 is 0 Å². The molecule has 3 heteroatoms. The lowest BCUT2D eigenvalue weighted by Gasteiger charge is -2.24. The molecule has 4 rings (SSSR count). The second-order valence-corrected chi connectivity index (χ2v) is 5.60. The number of carbonyl (C=O) groups is 1. The fourth-order valence-electron chi connectivity index (χ4n) is 3.07. The zero-order valence-corrected chi connectivity index (χ0v) is 11.7. The fraction of sp³-hybridized carbons (Fsp3) is 0.278. The summed E-state index contributed by atoms with van der Waals surface area (Å²) in [5.74, 6) is 1.89. The van der Waals surface area contributed by atoms with Gasteiger partial charge in [-0.1, -0.05) is 18.2 Å². The summed E-state index contributed by atoms with van der Waals surface area (Å²) in [4.78, 5) is 12.7. The number of ketones is 1. The molecule has 0 radical (unpaired) electrons. The largest absolute Gasteiger partial charge is 0.493 e. The van der Waals surface area contributed by atoms with Gasteiger partial charge in [0, 0.05) is 12.0 Å². The van der Waals surface area contributed by atoms with E-state index in [0.29, 0.717) is 13.2 Å². The average Bonchev–Trinajstić information content (AvgIpc) is 3.01. The quantitative estimate of drug-likeness (QED) is 0.793. The van der Waals surface area contributed by atoms with Crippen LogP contribution in [0.1, 0.15) is 21.5 Å². The van der Waals surface area contributed by atoms with Crippen LogP contribution in [-0.2, 0) is 12.8 Å². The molecule has 2 aromatic rings. The highest BCUT2D eigenvalue weighted by Crippen LogP contribution is 2.30. The van der Waals surface area contributed by atoms with Crippen LogP contribution in [0, 0.1) is 5.92 Å². The summed E-state index contributed by atoms with van der Waals surface area (Å²) < 4.78 is 11.2. The third-order valence-electron chi connectivity index (χ3n) is 4.22. The molecule has 0 bridgehead atoms. The summed E-state index contributed by atoms with van der Waals surface area (Å²) in [6, 6.07) is 13.7. The number of hydrogen-bond donors (Lipinski definition) is 0. The van der Waals surface area contributed by atoms with Crippen LogP contribution in [0.5, 0.6) is 11.5 Å². The van der Waals surface area contributed by atoms with E-state index in [1.54, 1.807) is 0 Å². The van der Waals surface area contributed by atoms with Gasteiger partial charge in [-0.3, -0.25) is 4.79 Å². The lowest BCUT2D eigenvalue weighted by Crippen LogP contribution is -2.28. The topological polar surface area (TPSA) is 35.5 Å². The first-order valence-electron chi connectivity index (χ1n) is 7.32. The van der Waals surface area contributed by atoms with Crippen molar-refractivity contribution in [2.75, 3.05) is 13.2 Å². The van der Waals surface area contributed by atoms with Crippen LogP contribution < -0.4 is 9.47 Å². The summed E-state index contributed by atoms with van der Waals surface area (Å²) in [5.41, 5.74) is 3.02. The van der Waals surface area contributed by atoms with Crippen molar-refractivity contribution in [3.05, 3.63) is 59.2 Å². The predicted molar refractivity (Wildman–Crippen MR) is 79.1 cm³/mol. The number of Topliss-reactive ketones (excluding diaryl/α,β-unsaturated/α-hetero) is 1. The molecule has 0 N–H and O–H groups in total. The number of ether oxygens (including phenoxy) is 2. The van der Waals surface area contributed by atoms with Crippen LogP contribution in [0.15, 0.2) is 42.5 Å². The Morgan fingerprint density at radius 2 is 1.86 bits per heavy atom. The van der Waals surface area contributed by atoms with Gasteiger partial charge in [0.15, 0.2) is 5.78 Å². The normalized spacial score (nSPS) is 19.1. The first-order chi connectivity index (χ1) is 10.3. The standard InChI is InChI=1S/C18H16O3/c19-18(14-5-6-17-13(9-14)7-8-20-17)15-10-12-3-1-2-4-16(12)21-11-15/h1-6,9,15H,7-8,10-11H2. The van der Waals surface area contributed by atoms with Crippen molar-refractivity contribution >= 4 is 5.78 Å². The van der Waals surface area contributed by atoms with Crippen LogP contribution >= 0.6 is 0 Å². The van der Waals surface area contributed by atoms with Crippen LogP contribution in [0.25, 0.3) is 0 Å². The van der Waals surface area contributed by atoms with E-state index >= 15 is 0 Å². The smallest absolute Gasteiger partial charge is 0.169 e. The van der Waals surface area contributed by atoms with E-state index in [4.69, 9.17) is 9.47 Å². The summed E-state index contributed by atoms with van der Waals surface area (Å²) in [6.45, 7) is 1.18. The SMILES string of the molecule is O=C(c1ccc2c(c1)CCO2)C1COc2ccccc2C1. The van der Waals surface area contributed by atoms with Crippen LogP contribution in [0.2, 0.25) is 0 Å². The van der Waals surface area contributed by atoms with E-state index in [1.807, 2.05) is 42.5 Å². The Hall–Kier alpha value is -2.29. The minimum absolute atomic E-state index is 0.0970. The molecule has 1 atom stereocenters. The molecule has 2 aromatic carbocycles. The molecular weight excluding hydrogens is 264 g/mol. The number of rotatable bonds is 2. The molecule has 0 saturated heterocycles. The third-order valence-corrected chi connectivity index (χ3v) is 4.22.